The van der Waals surface area contributed by atoms with Gasteiger partial charge < -0.3 is 9.55 Å². The molecule has 0 atom stereocenters. The van der Waals surface area contributed by atoms with Gasteiger partial charge in [0.15, 0.2) is 0 Å². The summed E-state index contributed by atoms with van der Waals surface area (Å²) in [4.78, 5) is 27.7. The Bertz CT molecular complexity index is 1200. The first-order valence-corrected chi connectivity index (χ1v) is 10.5. The van der Waals surface area contributed by atoms with Gasteiger partial charge in [0.25, 0.3) is 5.56 Å². The van der Waals surface area contributed by atoms with Crippen LogP contribution in [-0.2, 0) is 25.8 Å². The van der Waals surface area contributed by atoms with E-state index in [4.69, 9.17) is 9.97 Å². The number of para-hydroxylation sites is 2. The van der Waals surface area contributed by atoms with Gasteiger partial charge in [-0.1, -0.05) is 25.5 Å². The molecule has 0 fully saturated rings. The Labute approximate surface area is 161 Å². The number of benzene rings is 1. The summed E-state index contributed by atoms with van der Waals surface area (Å²) < 4.78 is 2.16. The smallest absolute Gasteiger partial charge is 0.259 e. The monoisotopic (exact) mass is 378 g/mol. The average Bonchev–Trinajstić information content (AvgIpc) is 3.11. The molecule has 1 aliphatic carbocycles. The number of nitrogens with zero attached hydrogens (tertiary/aromatic N) is 3. The standard InChI is InChI=1S/C21H22N4OS/c1-2-18-22-14-9-6-7-10-15(14)25(18)12-17-23-20(26)19-13-8-4-3-5-11-16(13)27-21(19)24-17/h6-7,9-10H,2-5,8,11-12H2,1H3,(H,23,24,26). The largest absolute Gasteiger partial charge is 0.320 e. The van der Waals surface area contributed by atoms with E-state index in [9.17, 15) is 4.79 Å². The van der Waals surface area contributed by atoms with Crippen LogP contribution in [0.15, 0.2) is 29.1 Å². The van der Waals surface area contributed by atoms with E-state index in [0.29, 0.717) is 12.4 Å². The summed E-state index contributed by atoms with van der Waals surface area (Å²) in [5.41, 5.74) is 3.33. The Balaban J connectivity index is 1.62. The lowest BCUT2D eigenvalue weighted by atomic mass is 10.1. The molecule has 0 spiro atoms. The van der Waals surface area contributed by atoms with Crippen LogP contribution in [0.1, 0.15) is 48.3 Å². The van der Waals surface area contributed by atoms with Gasteiger partial charge in [0.1, 0.15) is 16.5 Å². The molecule has 3 aromatic heterocycles. The second kappa shape index (κ2) is 6.60. The fourth-order valence-corrected chi connectivity index (χ4v) is 5.46. The van der Waals surface area contributed by atoms with Gasteiger partial charge in [-0.15, -0.1) is 11.3 Å². The fraction of sp³-hybridized carbons (Fsp3) is 0.381. The molecule has 1 N–H and O–H groups in total. The lowest BCUT2D eigenvalue weighted by molar-refractivity contribution is 0.711. The molecular formula is C21H22N4OS. The number of imidazole rings is 1. The number of aromatic amines is 1. The summed E-state index contributed by atoms with van der Waals surface area (Å²) in [6.07, 6.45) is 6.56. The van der Waals surface area contributed by atoms with Crippen molar-refractivity contribution >= 4 is 32.6 Å². The predicted octanol–water partition coefficient (Wildman–Crippen LogP) is 4.21. The number of aryl methyl sites for hydroxylation is 3. The molecular weight excluding hydrogens is 356 g/mol. The van der Waals surface area contributed by atoms with Gasteiger partial charge in [0.2, 0.25) is 0 Å². The maximum atomic E-state index is 12.9. The number of H-pyrrole nitrogens is 1. The SMILES string of the molecule is CCc1nc2ccccc2n1Cc1nc2sc3c(c2c(=O)[nH]1)CCCCC3. The van der Waals surface area contributed by atoms with E-state index in [-0.39, 0.29) is 5.56 Å². The second-order valence-electron chi connectivity index (χ2n) is 7.21. The van der Waals surface area contributed by atoms with Crippen LogP contribution in [0.25, 0.3) is 21.3 Å². The Morgan fingerprint density at radius 1 is 1.15 bits per heavy atom. The van der Waals surface area contributed by atoms with Crippen molar-refractivity contribution in [3.05, 3.63) is 56.7 Å². The highest BCUT2D eigenvalue weighted by Gasteiger charge is 2.19. The van der Waals surface area contributed by atoms with Crippen molar-refractivity contribution in [2.75, 3.05) is 0 Å². The van der Waals surface area contributed by atoms with Crippen molar-refractivity contribution in [3.8, 4) is 0 Å². The van der Waals surface area contributed by atoms with Crippen molar-refractivity contribution in [2.45, 2.75) is 52.0 Å². The van der Waals surface area contributed by atoms with Gasteiger partial charge in [0, 0.05) is 11.3 Å². The Morgan fingerprint density at radius 2 is 2.00 bits per heavy atom. The van der Waals surface area contributed by atoms with Crippen LogP contribution in [0.2, 0.25) is 0 Å². The minimum absolute atomic E-state index is 0.0110. The Kier molecular flexibility index (Phi) is 4.08. The van der Waals surface area contributed by atoms with Gasteiger partial charge in [0.05, 0.1) is 23.0 Å². The molecule has 1 aromatic carbocycles. The van der Waals surface area contributed by atoms with E-state index in [0.717, 1.165) is 46.3 Å². The third-order valence-corrected chi connectivity index (χ3v) is 6.67. The Morgan fingerprint density at radius 3 is 2.89 bits per heavy atom. The van der Waals surface area contributed by atoms with Gasteiger partial charge in [-0.3, -0.25) is 4.79 Å². The highest BCUT2D eigenvalue weighted by molar-refractivity contribution is 7.18. The molecule has 0 unspecified atom stereocenters. The summed E-state index contributed by atoms with van der Waals surface area (Å²) in [5.74, 6) is 1.72. The van der Waals surface area contributed by atoms with E-state index < -0.39 is 0 Å². The van der Waals surface area contributed by atoms with Gasteiger partial charge in [-0.2, -0.15) is 0 Å². The summed E-state index contributed by atoms with van der Waals surface area (Å²) in [5, 5.41) is 0.826. The van der Waals surface area contributed by atoms with Crippen molar-refractivity contribution in [2.24, 2.45) is 0 Å². The minimum Gasteiger partial charge on any atom is -0.320 e. The van der Waals surface area contributed by atoms with E-state index >= 15 is 0 Å². The molecule has 0 saturated heterocycles. The first-order valence-electron chi connectivity index (χ1n) is 9.72. The van der Waals surface area contributed by atoms with Crippen molar-refractivity contribution < 1.29 is 0 Å². The molecule has 5 rings (SSSR count). The number of aromatic nitrogens is 4. The zero-order chi connectivity index (χ0) is 18.4. The minimum atomic E-state index is 0.0110. The van der Waals surface area contributed by atoms with Crippen LogP contribution in [-0.4, -0.2) is 19.5 Å². The first kappa shape index (κ1) is 16.7. The van der Waals surface area contributed by atoms with Gasteiger partial charge in [-0.25, -0.2) is 9.97 Å². The van der Waals surface area contributed by atoms with E-state index in [1.165, 1.54) is 29.7 Å². The van der Waals surface area contributed by atoms with E-state index in [1.807, 2.05) is 18.2 Å². The molecule has 0 amide bonds. The maximum absolute atomic E-state index is 12.9. The van der Waals surface area contributed by atoms with Crippen LogP contribution >= 0.6 is 11.3 Å². The zero-order valence-electron chi connectivity index (χ0n) is 15.4. The molecule has 0 bridgehead atoms. The third-order valence-electron chi connectivity index (χ3n) is 5.48. The number of thiophene rings is 1. The van der Waals surface area contributed by atoms with E-state index in [2.05, 4.69) is 22.5 Å². The topological polar surface area (TPSA) is 63.6 Å². The van der Waals surface area contributed by atoms with E-state index in [1.54, 1.807) is 11.3 Å². The summed E-state index contributed by atoms with van der Waals surface area (Å²) >= 11 is 1.71. The summed E-state index contributed by atoms with van der Waals surface area (Å²) in [6.45, 7) is 2.64. The highest BCUT2D eigenvalue weighted by Crippen LogP contribution is 2.33. The van der Waals surface area contributed by atoms with Crippen LogP contribution < -0.4 is 5.56 Å². The molecule has 1 aliphatic rings. The number of hydrogen-bond donors (Lipinski definition) is 1. The molecule has 4 aromatic rings. The quantitative estimate of drug-likeness (QED) is 0.543. The van der Waals surface area contributed by atoms with Crippen molar-refractivity contribution in [3.63, 3.8) is 0 Å². The van der Waals surface area contributed by atoms with Crippen molar-refractivity contribution in [1.82, 2.24) is 19.5 Å². The molecule has 138 valence electrons. The average molecular weight is 379 g/mol. The molecule has 27 heavy (non-hydrogen) atoms. The number of fused-ring (bicyclic) bond motifs is 4. The molecule has 0 aliphatic heterocycles. The molecule has 0 radical (unpaired) electrons. The summed E-state index contributed by atoms with van der Waals surface area (Å²) in [7, 11) is 0. The van der Waals surface area contributed by atoms with Crippen molar-refractivity contribution in [1.29, 1.82) is 0 Å². The van der Waals surface area contributed by atoms with Crippen LogP contribution in [0, 0.1) is 0 Å². The predicted molar refractivity (Wildman–Crippen MR) is 110 cm³/mol. The lowest BCUT2D eigenvalue weighted by Crippen LogP contribution is -2.15. The van der Waals surface area contributed by atoms with Gasteiger partial charge >= 0.3 is 0 Å². The maximum Gasteiger partial charge on any atom is 0.259 e. The zero-order valence-corrected chi connectivity index (χ0v) is 16.2. The number of hydrogen-bond acceptors (Lipinski definition) is 4. The fourth-order valence-electron chi connectivity index (χ4n) is 4.18. The second-order valence-corrected chi connectivity index (χ2v) is 8.30. The highest BCUT2D eigenvalue weighted by atomic mass is 32.1. The first-order chi connectivity index (χ1) is 13.2. The number of nitrogens with one attached hydrogen (secondary N) is 1. The molecule has 3 heterocycles. The Hall–Kier alpha value is -2.47. The summed E-state index contributed by atoms with van der Waals surface area (Å²) in [6, 6.07) is 8.13. The van der Waals surface area contributed by atoms with Gasteiger partial charge in [-0.05, 0) is 43.4 Å². The lowest BCUT2D eigenvalue weighted by Gasteiger charge is -2.08. The molecule has 5 nitrogen and oxygen atoms in total. The van der Waals surface area contributed by atoms with Crippen LogP contribution in [0.3, 0.4) is 0 Å². The van der Waals surface area contributed by atoms with Crippen LogP contribution in [0.4, 0.5) is 0 Å². The normalized spacial score (nSPS) is 14.6. The molecule has 6 heteroatoms. The third kappa shape index (κ3) is 2.79. The molecule has 0 saturated carbocycles. The number of rotatable bonds is 3. The van der Waals surface area contributed by atoms with Crippen LogP contribution in [0.5, 0.6) is 0 Å².